The maximum Gasteiger partial charge on any atom is 0.414 e. The first-order valence-corrected chi connectivity index (χ1v) is 7.88. The van der Waals surface area contributed by atoms with Gasteiger partial charge in [-0.15, -0.1) is 0 Å². The molecule has 1 heterocycles. The van der Waals surface area contributed by atoms with E-state index in [-0.39, 0.29) is 12.7 Å². The number of anilines is 1. The highest BCUT2D eigenvalue weighted by Gasteiger charge is 2.23. The van der Waals surface area contributed by atoms with Gasteiger partial charge in [0.05, 0.1) is 25.4 Å². The fourth-order valence-electron chi connectivity index (χ4n) is 2.38. The Labute approximate surface area is 137 Å². The van der Waals surface area contributed by atoms with E-state index < -0.39 is 0 Å². The molecule has 1 aliphatic heterocycles. The molecule has 0 unspecified atom stereocenters. The van der Waals surface area contributed by atoms with E-state index in [9.17, 15) is 4.79 Å². The summed E-state index contributed by atoms with van der Waals surface area (Å²) >= 11 is 3.51. The van der Waals surface area contributed by atoms with Gasteiger partial charge in [-0.25, -0.2) is 4.79 Å². The molecule has 22 heavy (non-hydrogen) atoms. The monoisotopic (exact) mass is 361 g/mol. The van der Waals surface area contributed by atoms with Crippen LogP contribution in [0.15, 0.2) is 53.0 Å². The lowest BCUT2D eigenvalue weighted by molar-refractivity contribution is 0.125. The first-order chi connectivity index (χ1) is 10.8. The molecule has 0 spiro atoms. The van der Waals surface area contributed by atoms with Gasteiger partial charge in [-0.3, -0.25) is 4.90 Å². The van der Waals surface area contributed by atoms with Crippen LogP contribution in [0.25, 0.3) is 0 Å². The van der Waals surface area contributed by atoms with Crippen molar-refractivity contribution in [2.75, 3.05) is 18.1 Å². The summed E-state index contributed by atoms with van der Waals surface area (Å²) in [7, 11) is 0. The molecule has 0 saturated carbocycles. The third kappa shape index (κ3) is 3.31. The summed E-state index contributed by atoms with van der Waals surface area (Å²) in [6.45, 7) is 1.72. The Kier molecular flexibility index (Phi) is 4.75. The van der Waals surface area contributed by atoms with Crippen LogP contribution in [0.2, 0.25) is 0 Å². The molecule has 0 saturated heterocycles. The molecular weight excluding hydrogens is 346 g/mol. The van der Waals surface area contributed by atoms with Gasteiger partial charge in [0.25, 0.3) is 0 Å². The zero-order chi connectivity index (χ0) is 15.4. The van der Waals surface area contributed by atoms with E-state index >= 15 is 0 Å². The second-order valence-corrected chi connectivity index (χ2v) is 5.84. The van der Waals surface area contributed by atoms with E-state index in [4.69, 9.17) is 9.47 Å². The third-order valence-electron chi connectivity index (χ3n) is 3.52. The lowest BCUT2D eigenvalue weighted by Crippen LogP contribution is -2.33. The Balaban J connectivity index is 1.76. The Morgan fingerprint density at radius 1 is 1.18 bits per heavy atom. The predicted octanol–water partition coefficient (Wildman–Crippen LogP) is 4.12. The molecule has 0 aliphatic carbocycles. The molecule has 0 bridgehead atoms. The Morgan fingerprint density at radius 3 is 2.82 bits per heavy atom. The van der Waals surface area contributed by atoms with Crippen molar-refractivity contribution in [3.63, 3.8) is 0 Å². The smallest absolute Gasteiger partial charge is 0.414 e. The summed E-state index contributed by atoms with van der Waals surface area (Å²) in [6, 6.07) is 15.4. The topological polar surface area (TPSA) is 38.8 Å². The minimum Gasteiger partial charge on any atom is -0.444 e. The minimum atomic E-state index is -0.353. The van der Waals surface area contributed by atoms with Gasteiger partial charge in [0.2, 0.25) is 0 Å². The van der Waals surface area contributed by atoms with Gasteiger partial charge in [-0.05, 0) is 17.7 Å². The average molecular weight is 362 g/mol. The van der Waals surface area contributed by atoms with Crippen LogP contribution < -0.4 is 4.90 Å². The summed E-state index contributed by atoms with van der Waals surface area (Å²) in [5.41, 5.74) is 2.78. The molecule has 0 aromatic heterocycles. The number of rotatable bonds is 2. The first kappa shape index (κ1) is 15.1. The highest BCUT2D eigenvalue weighted by molar-refractivity contribution is 9.10. The van der Waals surface area contributed by atoms with Gasteiger partial charge in [0, 0.05) is 10.0 Å². The van der Waals surface area contributed by atoms with Crippen molar-refractivity contribution in [1.82, 2.24) is 0 Å². The first-order valence-electron chi connectivity index (χ1n) is 7.09. The number of carbonyl (C=O) groups is 1. The van der Waals surface area contributed by atoms with Crippen molar-refractivity contribution < 1.29 is 14.3 Å². The lowest BCUT2D eigenvalue weighted by atomic mass is 10.2. The van der Waals surface area contributed by atoms with E-state index in [1.165, 1.54) is 0 Å². The summed E-state index contributed by atoms with van der Waals surface area (Å²) in [6.07, 6.45) is -0.353. The molecule has 1 amide bonds. The number of benzene rings is 2. The molecule has 3 rings (SSSR count). The van der Waals surface area contributed by atoms with Gasteiger partial charge < -0.3 is 9.47 Å². The van der Waals surface area contributed by atoms with E-state index in [2.05, 4.69) is 15.9 Å². The van der Waals surface area contributed by atoms with E-state index in [1.807, 2.05) is 48.5 Å². The van der Waals surface area contributed by atoms with Gasteiger partial charge >= 0.3 is 6.09 Å². The van der Waals surface area contributed by atoms with Crippen molar-refractivity contribution in [3.05, 3.63) is 64.1 Å². The molecule has 2 aromatic carbocycles. The van der Waals surface area contributed by atoms with Crippen molar-refractivity contribution >= 4 is 27.7 Å². The Morgan fingerprint density at radius 2 is 2.00 bits per heavy atom. The number of ether oxygens (including phenoxy) is 2. The van der Waals surface area contributed by atoms with Crippen LogP contribution in [-0.4, -0.2) is 19.2 Å². The van der Waals surface area contributed by atoms with Crippen molar-refractivity contribution in [1.29, 1.82) is 0 Å². The van der Waals surface area contributed by atoms with E-state index in [0.717, 1.165) is 21.3 Å². The van der Waals surface area contributed by atoms with Crippen LogP contribution in [0.1, 0.15) is 11.1 Å². The number of fused-ring (bicyclic) bond motifs is 1. The van der Waals surface area contributed by atoms with Crippen molar-refractivity contribution in [2.24, 2.45) is 0 Å². The van der Waals surface area contributed by atoms with Crippen LogP contribution in [0.4, 0.5) is 10.5 Å². The highest BCUT2D eigenvalue weighted by atomic mass is 79.9. The zero-order valence-electron chi connectivity index (χ0n) is 12.0. The fourth-order valence-corrected chi connectivity index (χ4v) is 2.85. The molecule has 0 fully saturated rings. The lowest BCUT2D eigenvalue weighted by Gasteiger charge is -2.22. The second kappa shape index (κ2) is 6.94. The van der Waals surface area contributed by atoms with Crippen LogP contribution >= 0.6 is 15.9 Å². The molecule has 114 valence electrons. The van der Waals surface area contributed by atoms with Crippen LogP contribution in [0, 0.1) is 0 Å². The van der Waals surface area contributed by atoms with E-state index in [1.54, 1.807) is 4.90 Å². The van der Waals surface area contributed by atoms with Crippen LogP contribution in [0.5, 0.6) is 0 Å². The SMILES string of the molecule is O=C(OCc1ccccc1)N1CCOCc2c(Br)cccc21. The van der Waals surface area contributed by atoms with Gasteiger partial charge in [0.1, 0.15) is 6.61 Å². The highest BCUT2D eigenvalue weighted by Crippen LogP contribution is 2.30. The standard InChI is InChI=1S/C17H16BrNO3/c18-15-7-4-8-16-14(15)12-21-10-9-19(16)17(20)22-11-13-5-2-1-3-6-13/h1-8H,9-12H2. The Hall–Kier alpha value is -1.85. The van der Waals surface area contributed by atoms with Gasteiger partial charge in [-0.1, -0.05) is 52.3 Å². The quantitative estimate of drug-likeness (QED) is 0.807. The molecule has 1 aliphatic rings. The molecule has 0 N–H and O–H groups in total. The molecule has 0 atom stereocenters. The third-order valence-corrected chi connectivity index (χ3v) is 4.26. The maximum absolute atomic E-state index is 12.4. The number of halogens is 1. The van der Waals surface area contributed by atoms with Crippen LogP contribution in [-0.2, 0) is 22.7 Å². The summed E-state index contributed by atoms with van der Waals surface area (Å²) in [5, 5.41) is 0. The zero-order valence-corrected chi connectivity index (χ0v) is 13.6. The molecule has 0 radical (unpaired) electrons. The largest absolute Gasteiger partial charge is 0.444 e. The van der Waals surface area contributed by atoms with Crippen molar-refractivity contribution in [2.45, 2.75) is 13.2 Å². The fraction of sp³-hybridized carbons (Fsp3) is 0.235. The summed E-state index contributed by atoms with van der Waals surface area (Å²) < 4.78 is 11.9. The molecule has 2 aromatic rings. The summed E-state index contributed by atoms with van der Waals surface area (Å²) in [5.74, 6) is 0. The van der Waals surface area contributed by atoms with E-state index in [0.29, 0.717) is 19.8 Å². The number of hydrogen-bond donors (Lipinski definition) is 0. The molecular formula is C17H16BrNO3. The summed E-state index contributed by atoms with van der Waals surface area (Å²) in [4.78, 5) is 14.1. The van der Waals surface area contributed by atoms with Gasteiger partial charge in [0.15, 0.2) is 0 Å². The molecule has 4 nitrogen and oxygen atoms in total. The number of nitrogens with zero attached hydrogens (tertiary/aromatic N) is 1. The maximum atomic E-state index is 12.4. The molecule has 5 heteroatoms. The second-order valence-electron chi connectivity index (χ2n) is 4.98. The normalized spacial score (nSPS) is 14.1. The minimum absolute atomic E-state index is 0.264. The van der Waals surface area contributed by atoms with Crippen LogP contribution in [0.3, 0.4) is 0 Å². The number of amides is 1. The Bertz CT molecular complexity index is 660. The average Bonchev–Trinajstić information content (AvgIpc) is 2.77. The number of carbonyl (C=O) groups excluding carboxylic acids is 1. The van der Waals surface area contributed by atoms with Gasteiger partial charge in [-0.2, -0.15) is 0 Å². The predicted molar refractivity (Wildman–Crippen MR) is 87.8 cm³/mol. The van der Waals surface area contributed by atoms with Crippen molar-refractivity contribution in [3.8, 4) is 0 Å². The number of hydrogen-bond acceptors (Lipinski definition) is 3.